The number of nitro benzene ring substituents is 1. The minimum atomic E-state index is -0.876. The summed E-state index contributed by atoms with van der Waals surface area (Å²) < 4.78 is 18.2. The summed E-state index contributed by atoms with van der Waals surface area (Å²) >= 11 is 0. The third-order valence-electron chi connectivity index (χ3n) is 3.12. The number of carbonyl (C=O) groups is 1. The minimum Gasteiger partial charge on any atom is -0.462 e. The highest BCUT2D eigenvalue weighted by Gasteiger charge is 2.39. The van der Waals surface area contributed by atoms with Gasteiger partial charge in [0.15, 0.2) is 5.66 Å². The Bertz CT molecular complexity index is 675. The van der Waals surface area contributed by atoms with Crippen molar-refractivity contribution in [1.82, 2.24) is 0 Å². The standard InChI is InChI=1S/C14H12FN3O4/c1-2-3-4-14(16-17-14)5-6-22-13(19)10-7-11(15)9-12(8-10)18(20)21/h1,7-9H,3-6H2. The monoisotopic (exact) mass is 305 g/mol. The predicted octanol–water partition coefficient (Wildman–Crippen LogP) is 2.86. The van der Waals surface area contributed by atoms with Gasteiger partial charge in [-0.25, -0.2) is 9.18 Å². The molecule has 0 amide bonds. The molecule has 0 saturated carbocycles. The largest absolute Gasteiger partial charge is 0.462 e. The molecule has 0 saturated heterocycles. The second-order valence-corrected chi connectivity index (χ2v) is 4.73. The van der Waals surface area contributed by atoms with Gasteiger partial charge < -0.3 is 4.74 Å². The molecular weight excluding hydrogens is 293 g/mol. The first-order valence-electron chi connectivity index (χ1n) is 6.45. The highest BCUT2D eigenvalue weighted by atomic mass is 19.1. The topological polar surface area (TPSA) is 94.2 Å². The second-order valence-electron chi connectivity index (χ2n) is 4.73. The third kappa shape index (κ3) is 3.85. The Morgan fingerprint density at radius 2 is 2.14 bits per heavy atom. The summed E-state index contributed by atoms with van der Waals surface area (Å²) in [6.07, 6.45) is 6.62. The molecule has 114 valence electrons. The Morgan fingerprint density at radius 1 is 1.41 bits per heavy atom. The lowest BCUT2D eigenvalue weighted by Gasteiger charge is -2.09. The highest BCUT2D eigenvalue weighted by Crippen LogP contribution is 2.36. The van der Waals surface area contributed by atoms with Gasteiger partial charge in [-0.05, 0) is 6.07 Å². The van der Waals surface area contributed by atoms with Crippen molar-refractivity contribution < 1.29 is 18.8 Å². The summed E-state index contributed by atoms with van der Waals surface area (Å²) in [6.45, 7) is 0.0146. The number of halogens is 1. The number of esters is 1. The molecule has 1 aliphatic heterocycles. The Hall–Kier alpha value is -2.82. The molecule has 0 unspecified atom stereocenters. The van der Waals surface area contributed by atoms with Gasteiger partial charge in [-0.3, -0.25) is 10.1 Å². The number of non-ortho nitro benzene ring substituents is 1. The van der Waals surface area contributed by atoms with E-state index in [1.54, 1.807) is 0 Å². The number of carbonyl (C=O) groups excluding carboxylic acids is 1. The number of rotatable bonds is 7. The van der Waals surface area contributed by atoms with Gasteiger partial charge in [0, 0.05) is 25.3 Å². The number of terminal acetylenes is 1. The molecule has 2 rings (SSSR count). The van der Waals surface area contributed by atoms with E-state index in [4.69, 9.17) is 11.2 Å². The van der Waals surface area contributed by atoms with Crippen LogP contribution in [0.3, 0.4) is 0 Å². The van der Waals surface area contributed by atoms with Crippen molar-refractivity contribution >= 4 is 11.7 Å². The fourth-order valence-electron chi connectivity index (χ4n) is 1.86. The molecule has 22 heavy (non-hydrogen) atoms. The first kappa shape index (κ1) is 15.6. The van der Waals surface area contributed by atoms with Crippen molar-refractivity contribution in [1.29, 1.82) is 0 Å². The highest BCUT2D eigenvalue weighted by molar-refractivity contribution is 5.90. The smallest absolute Gasteiger partial charge is 0.338 e. The fraction of sp³-hybridized carbons (Fsp3) is 0.357. The maximum Gasteiger partial charge on any atom is 0.338 e. The van der Waals surface area contributed by atoms with E-state index in [2.05, 4.69) is 16.1 Å². The average molecular weight is 305 g/mol. The van der Waals surface area contributed by atoms with Gasteiger partial charge in [-0.1, -0.05) is 0 Å². The lowest BCUT2D eigenvalue weighted by molar-refractivity contribution is -0.385. The predicted molar refractivity (Wildman–Crippen MR) is 73.6 cm³/mol. The van der Waals surface area contributed by atoms with Crippen LogP contribution in [0.25, 0.3) is 0 Å². The second kappa shape index (κ2) is 6.30. The lowest BCUT2D eigenvalue weighted by atomic mass is 10.1. The van der Waals surface area contributed by atoms with E-state index in [1.807, 2.05) is 0 Å². The zero-order valence-electron chi connectivity index (χ0n) is 11.5. The SMILES string of the molecule is C#CCCC1(CCOC(=O)c2cc(F)cc([N+](=O)[O-])c2)N=N1. The molecule has 1 aromatic carbocycles. The Labute approximate surface area is 125 Å². The first-order chi connectivity index (χ1) is 10.5. The Kier molecular flexibility index (Phi) is 4.46. The molecule has 0 fully saturated rings. The zero-order chi connectivity index (χ0) is 16.2. The van der Waals surface area contributed by atoms with Gasteiger partial charge in [0.2, 0.25) is 0 Å². The summed E-state index contributed by atoms with van der Waals surface area (Å²) in [6, 6.07) is 2.58. The molecule has 1 aromatic rings. The van der Waals surface area contributed by atoms with Crippen molar-refractivity contribution in [3.05, 3.63) is 39.7 Å². The van der Waals surface area contributed by atoms with Crippen molar-refractivity contribution in [3.63, 3.8) is 0 Å². The molecule has 0 radical (unpaired) electrons. The van der Waals surface area contributed by atoms with Crippen molar-refractivity contribution in [2.75, 3.05) is 6.61 Å². The summed E-state index contributed by atoms with van der Waals surface area (Å²) in [5, 5.41) is 18.4. The third-order valence-corrected chi connectivity index (χ3v) is 3.12. The van der Waals surface area contributed by atoms with Crippen LogP contribution >= 0.6 is 0 Å². The Balaban J connectivity index is 1.90. The maximum absolute atomic E-state index is 13.2. The van der Waals surface area contributed by atoms with Gasteiger partial charge in [0.1, 0.15) is 5.82 Å². The van der Waals surface area contributed by atoms with Gasteiger partial charge in [0.05, 0.1) is 23.2 Å². The number of hydrogen-bond acceptors (Lipinski definition) is 6. The van der Waals surface area contributed by atoms with Crippen LogP contribution in [0.15, 0.2) is 28.4 Å². The van der Waals surface area contributed by atoms with Gasteiger partial charge in [-0.15, -0.1) is 12.3 Å². The average Bonchev–Trinajstić information content (AvgIpc) is 3.24. The molecular formula is C14H12FN3O4. The quantitative estimate of drug-likeness (QED) is 0.335. The maximum atomic E-state index is 13.2. The summed E-state index contributed by atoms with van der Waals surface area (Å²) in [4.78, 5) is 21.6. The molecule has 0 spiro atoms. The minimum absolute atomic E-state index is 0.0146. The molecule has 1 aliphatic rings. The normalized spacial score (nSPS) is 14.2. The first-order valence-corrected chi connectivity index (χ1v) is 6.45. The molecule has 7 nitrogen and oxygen atoms in total. The van der Waals surface area contributed by atoms with Gasteiger partial charge in [0.25, 0.3) is 5.69 Å². The van der Waals surface area contributed by atoms with Gasteiger partial charge in [-0.2, -0.15) is 10.2 Å². The van der Waals surface area contributed by atoms with Crippen molar-refractivity contribution in [3.8, 4) is 12.3 Å². The molecule has 8 heteroatoms. The number of ether oxygens (including phenoxy) is 1. The summed E-state index contributed by atoms with van der Waals surface area (Å²) in [5.74, 6) is 0.765. The van der Waals surface area contributed by atoms with Crippen LogP contribution in [0, 0.1) is 28.3 Å². The van der Waals surface area contributed by atoms with E-state index in [0.717, 1.165) is 18.2 Å². The lowest BCUT2D eigenvalue weighted by Crippen LogP contribution is -2.16. The summed E-state index contributed by atoms with van der Waals surface area (Å²) in [7, 11) is 0. The Morgan fingerprint density at radius 3 is 2.73 bits per heavy atom. The van der Waals surface area contributed by atoms with Crippen LogP contribution in [0.4, 0.5) is 10.1 Å². The van der Waals surface area contributed by atoms with Crippen LogP contribution in [-0.4, -0.2) is 23.2 Å². The van der Waals surface area contributed by atoms with Crippen LogP contribution < -0.4 is 0 Å². The zero-order valence-corrected chi connectivity index (χ0v) is 11.5. The van der Waals surface area contributed by atoms with E-state index in [0.29, 0.717) is 19.3 Å². The molecule has 0 N–H and O–H groups in total. The molecule has 0 atom stereocenters. The summed E-state index contributed by atoms with van der Waals surface area (Å²) in [5.41, 5.74) is -1.31. The number of hydrogen-bond donors (Lipinski definition) is 0. The van der Waals surface area contributed by atoms with E-state index >= 15 is 0 Å². The molecule has 0 bridgehead atoms. The van der Waals surface area contributed by atoms with Crippen LogP contribution in [-0.2, 0) is 4.74 Å². The van der Waals surface area contributed by atoms with E-state index in [9.17, 15) is 19.3 Å². The van der Waals surface area contributed by atoms with Crippen LogP contribution in [0.2, 0.25) is 0 Å². The molecule has 0 aromatic heterocycles. The van der Waals surface area contributed by atoms with Gasteiger partial charge >= 0.3 is 5.97 Å². The number of nitrogens with zero attached hydrogens (tertiary/aromatic N) is 3. The number of benzene rings is 1. The van der Waals surface area contributed by atoms with E-state index < -0.39 is 28.1 Å². The van der Waals surface area contributed by atoms with E-state index in [1.165, 1.54) is 0 Å². The van der Waals surface area contributed by atoms with Crippen LogP contribution in [0.1, 0.15) is 29.6 Å². The fourth-order valence-corrected chi connectivity index (χ4v) is 1.86. The molecule has 0 aliphatic carbocycles. The van der Waals surface area contributed by atoms with Crippen LogP contribution in [0.5, 0.6) is 0 Å². The number of nitro groups is 1. The van der Waals surface area contributed by atoms with Crippen molar-refractivity contribution in [2.45, 2.75) is 24.9 Å². The molecule has 1 heterocycles. The van der Waals surface area contributed by atoms with Crippen molar-refractivity contribution in [2.24, 2.45) is 10.2 Å². The van der Waals surface area contributed by atoms with E-state index in [-0.39, 0.29) is 12.2 Å².